The number of nitrogens with zero attached hydrogens (tertiary/aromatic N) is 2. The largest absolute Gasteiger partial charge is 0.401 e. The number of hydrogen-bond donors (Lipinski definition) is 2. The van der Waals surface area contributed by atoms with Gasteiger partial charge >= 0.3 is 6.18 Å². The zero-order chi connectivity index (χ0) is 18.2. The van der Waals surface area contributed by atoms with Crippen molar-refractivity contribution in [2.24, 2.45) is 10.9 Å². The molecule has 1 aliphatic heterocycles. The summed E-state index contributed by atoms with van der Waals surface area (Å²) in [5.41, 5.74) is 0. The third-order valence-electron chi connectivity index (χ3n) is 4.41. The average molecular weight is 496 g/mol. The van der Waals surface area contributed by atoms with E-state index in [9.17, 15) is 13.2 Å². The lowest BCUT2D eigenvalue weighted by molar-refractivity contribution is -0.148. The number of nitrogens with one attached hydrogen (secondary N) is 2. The summed E-state index contributed by atoms with van der Waals surface area (Å²) in [7, 11) is 1.75. The molecule has 0 aromatic rings. The van der Waals surface area contributed by atoms with Crippen LogP contribution in [0.4, 0.5) is 13.2 Å². The molecule has 0 spiro atoms. The van der Waals surface area contributed by atoms with Crippen LogP contribution >= 0.6 is 35.7 Å². The quantitative estimate of drug-likeness (QED) is 0.321. The first-order valence-electron chi connectivity index (χ1n) is 8.44. The summed E-state index contributed by atoms with van der Waals surface area (Å²) >= 11 is 1.80. The lowest BCUT2D eigenvalue weighted by atomic mass is 9.93. The molecule has 1 saturated heterocycles. The van der Waals surface area contributed by atoms with E-state index in [0.717, 1.165) is 38.3 Å². The van der Waals surface area contributed by atoms with E-state index in [0.29, 0.717) is 19.0 Å². The van der Waals surface area contributed by atoms with Crippen LogP contribution in [0.3, 0.4) is 0 Å². The molecule has 2 N–H and O–H groups in total. The van der Waals surface area contributed by atoms with Gasteiger partial charge in [-0.05, 0) is 58.4 Å². The van der Waals surface area contributed by atoms with Gasteiger partial charge in [-0.15, -0.1) is 24.0 Å². The molecule has 1 rings (SSSR count). The third kappa shape index (κ3) is 11.4. The van der Waals surface area contributed by atoms with Gasteiger partial charge in [0.25, 0.3) is 0 Å². The van der Waals surface area contributed by atoms with Crippen LogP contribution in [-0.2, 0) is 0 Å². The summed E-state index contributed by atoms with van der Waals surface area (Å²) < 4.78 is 37.3. The second kappa shape index (κ2) is 11.7. The molecule has 25 heavy (non-hydrogen) atoms. The normalized spacial score (nSPS) is 18.0. The van der Waals surface area contributed by atoms with Crippen molar-refractivity contribution in [1.29, 1.82) is 0 Å². The predicted octanol–water partition coefficient (Wildman–Crippen LogP) is 3.58. The highest BCUT2D eigenvalue weighted by Crippen LogP contribution is 2.24. The molecule has 0 aliphatic carbocycles. The van der Waals surface area contributed by atoms with Crippen LogP contribution in [-0.4, -0.2) is 67.8 Å². The molecule has 1 heterocycles. The van der Waals surface area contributed by atoms with Gasteiger partial charge in [-0.25, -0.2) is 0 Å². The Bertz CT molecular complexity index is 397. The van der Waals surface area contributed by atoms with Crippen LogP contribution in [0.5, 0.6) is 0 Å². The van der Waals surface area contributed by atoms with Crippen LogP contribution in [0.25, 0.3) is 0 Å². The van der Waals surface area contributed by atoms with Gasteiger partial charge in [0, 0.05) is 24.9 Å². The van der Waals surface area contributed by atoms with Crippen molar-refractivity contribution in [2.75, 3.05) is 46.0 Å². The average Bonchev–Trinajstić information content (AvgIpc) is 2.51. The minimum atomic E-state index is -4.09. The Morgan fingerprint density at radius 3 is 2.28 bits per heavy atom. The van der Waals surface area contributed by atoms with Gasteiger partial charge in [-0.2, -0.15) is 24.9 Å². The minimum Gasteiger partial charge on any atom is -0.356 e. The number of guanidine groups is 1. The third-order valence-corrected chi connectivity index (χ3v) is 5.66. The molecular weight excluding hydrogens is 464 g/mol. The summed E-state index contributed by atoms with van der Waals surface area (Å²) in [6, 6.07) is 0. The molecule has 0 bridgehead atoms. The molecule has 0 saturated carbocycles. The van der Waals surface area contributed by atoms with Crippen molar-refractivity contribution in [1.82, 2.24) is 15.5 Å². The summed E-state index contributed by atoms with van der Waals surface area (Å²) in [4.78, 5) is 5.72. The fraction of sp³-hybridized carbons (Fsp3) is 0.938. The number of likely N-dealkylation sites (tertiary alicyclic amines) is 1. The molecule has 0 aromatic carbocycles. The van der Waals surface area contributed by atoms with E-state index in [2.05, 4.69) is 35.7 Å². The number of piperidine rings is 1. The Balaban J connectivity index is 0.00000576. The zero-order valence-electron chi connectivity index (χ0n) is 15.6. The molecule has 150 valence electrons. The van der Waals surface area contributed by atoms with E-state index in [1.807, 2.05) is 0 Å². The Morgan fingerprint density at radius 1 is 1.20 bits per heavy atom. The monoisotopic (exact) mass is 496 g/mol. The molecule has 0 radical (unpaired) electrons. The summed E-state index contributed by atoms with van der Waals surface area (Å²) in [6.45, 7) is 6.27. The molecule has 0 atom stereocenters. The first-order chi connectivity index (χ1) is 11.1. The van der Waals surface area contributed by atoms with Crippen molar-refractivity contribution in [2.45, 2.75) is 44.0 Å². The van der Waals surface area contributed by atoms with E-state index >= 15 is 0 Å². The van der Waals surface area contributed by atoms with Gasteiger partial charge in [-0.3, -0.25) is 9.89 Å². The van der Waals surface area contributed by atoms with Gasteiger partial charge in [0.2, 0.25) is 0 Å². The fourth-order valence-corrected chi connectivity index (χ4v) is 2.89. The minimum absolute atomic E-state index is 0. The standard InChI is InChI=1S/C16H31F3N4S.HI/c1-15(2,24-4)11-22-14(20-3)21-8-5-13-6-9-23(10-7-13)12-16(17,18)19;/h13H,5-12H2,1-4H3,(H2,20,21,22);1H. The van der Waals surface area contributed by atoms with Gasteiger partial charge < -0.3 is 10.6 Å². The van der Waals surface area contributed by atoms with E-state index < -0.39 is 12.7 Å². The van der Waals surface area contributed by atoms with E-state index in [4.69, 9.17) is 0 Å². The topological polar surface area (TPSA) is 39.7 Å². The molecular formula is C16H32F3IN4S. The summed E-state index contributed by atoms with van der Waals surface area (Å²) in [6.07, 6.45) is 0.638. The predicted molar refractivity (Wildman–Crippen MR) is 112 cm³/mol. The van der Waals surface area contributed by atoms with Gasteiger partial charge in [0.1, 0.15) is 0 Å². The number of thioether (sulfide) groups is 1. The van der Waals surface area contributed by atoms with E-state index in [1.165, 1.54) is 4.90 Å². The maximum Gasteiger partial charge on any atom is 0.401 e. The SMILES string of the molecule is CN=C(NCCC1CCN(CC(F)(F)F)CC1)NCC(C)(C)SC.I. The highest BCUT2D eigenvalue weighted by atomic mass is 127. The second-order valence-electron chi connectivity index (χ2n) is 6.94. The molecule has 0 unspecified atom stereocenters. The van der Waals surface area contributed by atoms with Gasteiger partial charge in [0.05, 0.1) is 6.54 Å². The number of rotatable bonds is 7. The molecule has 1 fully saturated rings. The van der Waals surface area contributed by atoms with Crippen LogP contribution in [0.2, 0.25) is 0 Å². The van der Waals surface area contributed by atoms with Crippen LogP contribution in [0, 0.1) is 5.92 Å². The molecule has 0 aromatic heterocycles. The Labute approximate surface area is 171 Å². The van der Waals surface area contributed by atoms with Crippen LogP contribution in [0.1, 0.15) is 33.1 Å². The highest BCUT2D eigenvalue weighted by Gasteiger charge is 2.32. The second-order valence-corrected chi connectivity index (χ2v) is 8.45. The number of hydrogen-bond acceptors (Lipinski definition) is 3. The summed E-state index contributed by atoms with van der Waals surface area (Å²) in [5, 5.41) is 6.61. The number of alkyl halides is 3. The Kier molecular flexibility index (Phi) is 11.8. The van der Waals surface area contributed by atoms with Crippen molar-refractivity contribution in [3.05, 3.63) is 0 Å². The Hall–Kier alpha value is 0.1000. The lowest BCUT2D eigenvalue weighted by Gasteiger charge is -2.32. The first-order valence-corrected chi connectivity index (χ1v) is 9.66. The molecule has 1 aliphatic rings. The van der Waals surface area contributed by atoms with Crippen molar-refractivity contribution in [3.63, 3.8) is 0 Å². The molecule has 0 amide bonds. The van der Waals surface area contributed by atoms with E-state index in [1.54, 1.807) is 18.8 Å². The Morgan fingerprint density at radius 2 is 1.80 bits per heavy atom. The zero-order valence-corrected chi connectivity index (χ0v) is 18.7. The highest BCUT2D eigenvalue weighted by molar-refractivity contribution is 14.0. The van der Waals surface area contributed by atoms with E-state index in [-0.39, 0.29) is 28.7 Å². The fourth-order valence-electron chi connectivity index (χ4n) is 2.67. The van der Waals surface area contributed by atoms with Crippen LogP contribution < -0.4 is 10.6 Å². The molecule has 4 nitrogen and oxygen atoms in total. The smallest absolute Gasteiger partial charge is 0.356 e. The number of halogens is 4. The maximum absolute atomic E-state index is 12.4. The van der Waals surface area contributed by atoms with Crippen molar-refractivity contribution < 1.29 is 13.2 Å². The maximum atomic E-state index is 12.4. The number of aliphatic imine (C=N–C) groups is 1. The molecule has 9 heteroatoms. The van der Waals surface area contributed by atoms with Gasteiger partial charge in [-0.1, -0.05) is 0 Å². The first kappa shape index (κ1) is 25.1. The van der Waals surface area contributed by atoms with Crippen molar-refractivity contribution in [3.8, 4) is 0 Å². The summed E-state index contributed by atoms with van der Waals surface area (Å²) in [5.74, 6) is 1.27. The van der Waals surface area contributed by atoms with Gasteiger partial charge in [0.15, 0.2) is 5.96 Å². The van der Waals surface area contributed by atoms with Crippen molar-refractivity contribution >= 4 is 41.7 Å². The van der Waals surface area contributed by atoms with Crippen LogP contribution in [0.15, 0.2) is 4.99 Å². The lowest BCUT2D eigenvalue weighted by Crippen LogP contribution is -2.44.